The zero-order valence-electron chi connectivity index (χ0n) is 12.7. The number of hydrogen-bond donors (Lipinski definition) is 2. The van der Waals surface area contributed by atoms with Gasteiger partial charge in [0.2, 0.25) is 0 Å². The fourth-order valence-electron chi connectivity index (χ4n) is 3.17. The van der Waals surface area contributed by atoms with E-state index in [-0.39, 0.29) is 12.1 Å². The molecule has 0 radical (unpaired) electrons. The van der Waals surface area contributed by atoms with Crippen molar-refractivity contribution in [2.24, 2.45) is 0 Å². The van der Waals surface area contributed by atoms with Gasteiger partial charge in [0, 0.05) is 28.9 Å². The average Bonchev–Trinajstić information content (AvgIpc) is 3.13. The minimum atomic E-state index is -0.0960. The first-order valence-corrected chi connectivity index (χ1v) is 9.32. The zero-order valence-corrected chi connectivity index (χ0v) is 14.3. The minimum Gasteiger partial charge on any atom is -0.352 e. The van der Waals surface area contributed by atoms with E-state index >= 15 is 0 Å². The van der Waals surface area contributed by atoms with Gasteiger partial charge in [-0.3, -0.25) is 9.69 Å². The molecule has 2 aromatic heterocycles. The quantitative estimate of drug-likeness (QED) is 0.885. The van der Waals surface area contributed by atoms with E-state index in [2.05, 4.69) is 35.4 Å². The molecule has 0 aromatic carbocycles. The molecule has 116 valence electrons. The van der Waals surface area contributed by atoms with Crippen LogP contribution >= 0.6 is 22.7 Å². The van der Waals surface area contributed by atoms with Crippen molar-refractivity contribution in [1.82, 2.24) is 10.2 Å². The molecule has 2 aromatic rings. The van der Waals surface area contributed by atoms with E-state index in [1.807, 2.05) is 11.4 Å². The highest BCUT2D eigenvalue weighted by Gasteiger charge is 2.33. The number of anilines is 1. The summed E-state index contributed by atoms with van der Waals surface area (Å²) >= 11 is 3.42. The van der Waals surface area contributed by atoms with Crippen LogP contribution < -0.4 is 10.6 Å². The van der Waals surface area contributed by atoms with Crippen molar-refractivity contribution in [2.75, 3.05) is 11.9 Å². The van der Waals surface area contributed by atoms with Crippen LogP contribution in [0, 0.1) is 0 Å². The summed E-state index contributed by atoms with van der Waals surface area (Å²) in [5, 5.41) is 9.69. The lowest BCUT2D eigenvalue weighted by Crippen LogP contribution is -2.39. The van der Waals surface area contributed by atoms with Gasteiger partial charge in [0.15, 0.2) is 0 Å². The third-order valence-electron chi connectivity index (χ3n) is 4.42. The number of nitrogens with zero attached hydrogens (tertiary/aromatic N) is 1. The SMILES string of the molecule is CC(C)N1CCc2c(sc3c2C(=O)N[C@@H](c2cccs2)N3)C1. The van der Waals surface area contributed by atoms with E-state index in [1.54, 1.807) is 22.7 Å². The molecular formula is C16H19N3OS2. The summed E-state index contributed by atoms with van der Waals surface area (Å²) in [6.45, 7) is 6.46. The molecule has 0 fully saturated rings. The van der Waals surface area contributed by atoms with Crippen LogP contribution in [0.25, 0.3) is 0 Å². The third kappa shape index (κ3) is 2.26. The van der Waals surface area contributed by atoms with Crippen LogP contribution in [0.15, 0.2) is 17.5 Å². The maximum absolute atomic E-state index is 12.6. The predicted octanol–water partition coefficient (Wildman–Crippen LogP) is 3.43. The van der Waals surface area contributed by atoms with Crippen LogP contribution in [0.5, 0.6) is 0 Å². The van der Waals surface area contributed by atoms with Crippen LogP contribution in [-0.2, 0) is 13.0 Å². The summed E-state index contributed by atoms with van der Waals surface area (Å²) in [5.74, 6) is 0.0719. The number of hydrogen-bond acceptors (Lipinski definition) is 5. The number of carbonyl (C=O) groups excluding carboxylic acids is 1. The summed E-state index contributed by atoms with van der Waals surface area (Å²) < 4.78 is 0. The third-order valence-corrected chi connectivity index (χ3v) is 6.51. The van der Waals surface area contributed by atoms with Gasteiger partial charge in [-0.1, -0.05) is 6.07 Å². The summed E-state index contributed by atoms with van der Waals surface area (Å²) in [4.78, 5) is 17.6. The number of carbonyl (C=O) groups is 1. The Morgan fingerprint density at radius 3 is 2.95 bits per heavy atom. The summed E-state index contributed by atoms with van der Waals surface area (Å²) in [6, 6.07) is 4.62. The largest absolute Gasteiger partial charge is 0.352 e. The normalized spacial score (nSPS) is 21.2. The van der Waals surface area contributed by atoms with E-state index in [0.29, 0.717) is 6.04 Å². The predicted molar refractivity (Wildman–Crippen MR) is 91.7 cm³/mol. The monoisotopic (exact) mass is 333 g/mol. The van der Waals surface area contributed by atoms with Crippen molar-refractivity contribution in [3.8, 4) is 0 Å². The Morgan fingerprint density at radius 2 is 2.23 bits per heavy atom. The van der Waals surface area contributed by atoms with Crippen LogP contribution in [-0.4, -0.2) is 23.4 Å². The Balaban J connectivity index is 1.67. The van der Waals surface area contributed by atoms with E-state index < -0.39 is 0 Å². The molecule has 4 nitrogen and oxygen atoms in total. The first-order chi connectivity index (χ1) is 10.6. The second kappa shape index (κ2) is 5.37. The van der Waals surface area contributed by atoms with Gasteiger partial charge in [0.1, 0.15) is 11.2 Å². The lowest BCUT2D eigenvalue weighted by Gasteiger charge is -2.30. The molecule has 0 saturated heterocycles. The van der Waals surface area contributed by atoms with Gasteiger partial charge in [-0.25, -0.2) is 0 Å². The average molecular weight is 333 g/mol. The Bertz CT molecular complexity index is 705. The summed E-state index contributed by atoms with van der Waals surface area (Å²) in [7, 11) is 0. The fraction of sp³-hybridized carbons (Fsp3) is 0.438. The van der Waals surface area contributed by atoms with E-state index in [1.165, 1.54) is 10.4 Å². The van der Waals surface area contributed by atoms with Crippen molar-refractivity contribution in [2.45, 2.75) is 39.0 Å². The standard InChI is InChI=1S/C16H19N3OS2/c1-9(2)19-6-5-10-12(8-19)22-16-13(10)15(20)17-14(18-16)11-4-3-7-21-11/h3-4,7,9,14,18H,5-6,8H2,1-2H3,(H,17,20)/t14-/m1/s1. The number of fused-ring (bicyclic) bond motifs is 3. The Kier molecular flexibility index (Phi) is 3.47. The van der Waals surface area contributed by atoms with Gasteiger partial charge in [-0.15, -0.1) is 22.7 Å². The first kappa shape index (κ1) is 14.2. The zero-order chi connectivity index (χ0) is 15.3. The summed E-state index contributed by atoms with van der Waals surface area (Å²) in [6.07, 6.45) is 0.874. The Hall–Kier alpha value is -1.37. The molecule has 4 heterocycles. The van der Waals surface area contributed by atoms with Crippen molar-refractivity contribution in [1.29, 1.82) is 0 Å². The van der Waals surface area contributed by atoms with Gasteiger partial charge in [-0.2, -0.15) is 0 Å². The van der Waals surface area contributed by atoms with Crippen LogP contribution in [0.2, 0.25) is 0 Å². The second-order valence-electron chi connectivity index (χ2n) is 6.09. The highest BCUT2D eigenvalue weighted by molar-refractivity contribution is 7.16. The van der Waals surface area contributed by atoms with Gasteiger partial charge in [0.25, 0.3) is 5.91 Å². The molecule has 4 rings (SSSR count). The minimum absolute atomic E-state index is 0.0719. The smallest absolute Gasteiger partial charge is 0.256 e. The van der Waals surface area contributed by atoms with Crippen molar-refractivity contribution >= 4 is 33.6 Å². The summed E-state index contributed by atoms with van der Waals surface area (Å²) in [5.41, 5.74) is 2.14. The molecule has 0 spiro atoms. The molecule has 2 aliphatic rings. The number of rotatable bonds is 2. The molecule has 2 aliphatic heterocycles. The van der Waals surface area contributed by atoms with Gasteiger partial charge >= 0.3 is 0 Å². The van der Waals surface area contributed by atoms with E-state index in [0.717, 1.165) is 35.0 Å². The highest BCUT2D eigenvalue weighted by Crippen LogP contribution is 2.41. The molecule has 0 bridgehead atoms. The molecular weight excluding hydrogens is 314 g/mol. The van der Waals surface area contributed by atoms with Crippen molar-refractivity contribution in [3.05, 3.63) is 38.4 Å². The number of amides is 1. The Morgan fingerprint density at radius 1 is 1.36 bits per heavy atom. The van der Waals surface area contributed by atoms with E-state index in [4.69, 9.17) is 0 Å². The number of thiophene rings is 2. The second-order valence-corrected chi connectivity index (χ2v) is 8.17. The maximum atomic E-state index is 12.6. The highest BCUT2D eigenvalue weighted by atomic mass is 32.1. The molecule has 2 N–H and O–H groups in total. The first-order valence-electron chi connectivity index (χ1n) is 7.63. The molecule has 1 atom stereocenters. The van der Waals surface area contributed by atoms with Gasteiger partial charge in [0.05, 0.1) is 5.56 Å². The van der Waals surface area contributed by atoms with Crippen LogP contribution in [0.4, 0.5) is 5.00 Å². The molecule has 0 unspecified atom stereocenters. The van der Waals surface area contributed by atoms with Crippen LogP contribution in [0.1, 0.15) is 45.7 Å². The molecule has 22 heavy (non-hydrogen) atoms. The topological polar surface area (TPSA) is 44.4 Å². The fourth-order valence-corrected chi connectivity index (χ4v) is 5.20. The van der Waals surface area contributed by atoms with Crippen molar-refractivity contribution < 1.29 is 4.79 Å². The number of nitrogens with one attached hydrogen (secondary N) is 2. The van der Waals surface area contributed by atoms with Crippen molar-refractivity contribution in [3.63, 3.8) is 0 Å². The molecule has 0 saturated carbocycles. The molecule has 0 aliphatic carbocycles. The van der Waals surface area contributed by atoms with E-state index in [9.17, 15) is 4.79 Å². The Labute approximate surface area is 138 Å². The lowest BCUT2D eigenvalue weighted by molar-refractivity contribution is 0.0935. The van der Waals surface area contributed by atoms with Gasteiger partial charge in [-0.05, 0) is 37.3 Å². The molecule has 1 amide bonds. The molecule has 6 heteroatoms. The lowest BCUT2D eigenvalue weighted by atomic mass is 10.0. The van der Waals surface area contributed by atoms with Gasteiger partial charge < -0.3 is 10.6 Å². The van der Waals surface area contributed by atoms with Crippen LogP contribution in [0.3, 0.4) is 0 Å². The maximum Gasteiger partial charge on any atom is 0.256 e.